The van der Waals surface area contributed by atoms with Crippen LogP contribution in [0.1, 0.15) is 40.5 Å². The van der Waals surface area contributed by atoms with E-state index in [1.165, 1.54) is 12.8 Å². The molecule has 0 amide bonds. The number of ether oxygens (including phenoxy) is 1. The van der Waals surface area contributed by atoms with E-state index in [0.717, 1.165) is 5.47 Å². The minimum Gasteiger partial charge on any atom is -0.400 e. The summed E-state index contributed by atoms with van der Waals surface area (Å²) in [6.07, 6.45) is 2.80. The van der Waals surface area contributed by atoms with E-state index in [-0.39, 0.29) is 18.3 Å². The number of rotatable bonds is 4. The number of hydrogen-bond acceptors (Lipinski definition) is 3. The monoisotopic (exact) mass is 224 g/mol. The quantitative estimate of drug-likeness (QED) is 0.686. The second-order valence-corrected chi connectivity index (χ2v) is 5.76. The van der Waals surface area contributed by atoms with Gasteiger partial charge in [0.1, 0.15) is 0 Å². The summed E-state index contributed by atoms with van der Waals surface area (Å²) in [4.78, 5) is 0. The molecular formula is C12H21BO3. The zero-order chi connectivity index (χ0) is 12.0. The van der Waals surface area contributed by atoms with Gasteiger partial charge in [-0.1, -0.05) is 0 Å². The summed E-state index contributed by atoms with van der Waals surface area (Å²) >= 11 is 0. The van der Waals surface area contributed by atoms with E-state index in [1.54, 1.807) is 0 Å². The van der Waals surface area contributed by atoms with Crippen LogP contribution in [0.4, 0.5) is 0 Å². The highest BCUT2D eigenvalue weighted by atomic mass is 16.7. The van der Waals surface area contributed by atoms with Gasteiger partial charge in [-0.05, 0) is 46.0 Å². The maximum atomic E-state index is 5.88. The van der Waals surface area contributed by atoms with Crippen LogP contribution in [0.25, 0.3) is 0 Å². The molecular weight excluding hydrogens is 203 g/mol. The van der Waals surface area contributed by atoms with E-state index in [0.29, 0.717) is 12.7 Å². The summed E-state index contributed by atoms with van der Waals surface area (Å²) in [5.41, 5.74) is 0.297. The molecule has 0 bridgehead atoms. The third-order valence-corrected chi connectivity index (χ3v) is 3.62. The van der Waals surface area contributed by atoms with Crippen molar-refractivity contribution in [2.75, 3.05) is 6.61 Å². The summed E-state index contributed by atoms with van der Waals surface area (Å²) in [5.74, 6) is 0. The predicted octanol–water partition coefficient (Wildman–Crippen LogP) is 2.35. The molecule has 2 fully saturated rings. The second kappa shape index (κ2) is 3.86. The van der Waals surface area contributed by atoms with Crippen LogP contribution in [0, 0.1) is 0 Å². The van der Waals surface area contributed by atoms with Crippen molar-refractivity contribution >= 4 is 7.12 Å². The van der Waals surface area contributed by atoms with Crippen LogP contribution in [0.5, 0.6) is 0 Å². The first-order valence-electron chi connectivity index (χ1n) is 5.97. The third kappa shape index (κ3) is 2.34. The molecule has 1 aliphatic carbocycles. The van der Waals surface area contributed by atoms with Crippen molar-refractivity contribution in [3.05, 3.63) is 12.1 Å². The van der Waals surface area contributed by atoms with E-state index in [2.05, 4.69) is 6.58 Å². The highest BCUT2D eigenvalue weighted by molar-refractivity contribution is 6.54. The first-order valence-corrected chi connectivity index (χ1v) is 5.97. The zero-order valence-corrected chi connectivity index (χ0v) is 10.7. The molecule has 16 heavy (non-hydrogen) atoms. The zero-order valence-electron chi connectivity index (χ0n) is 10.7. The summed E-state index contributed by atoms with van der Waals surface area (Å²) in [6.45, 7) is 12.7. The maximum absolute atomic E-state index is 5.88. The smallest absolute Gasteiger partial charge is 0.400 e. The Labute approximate surface area is 98.3 Å². The van der Waals surface area contributed by atoms with Crippen LogP contribution in [-0.4, -0.2) is 31.0 Å². The molecule has 2 rings (SSSR count). The lowest BCUT2D eigenvalue weighted by Gasteiger charge is -2.32. The lowest BCUT2D eigenvalue weighted by atomic mass is 9.80. The molecule has 4 heteroatoms. The fourth-order valence-electron chi connectivity index (χ4n) is 1.54. The molecule has 3 nitrogen and oxygen atoms in total. The van der Waals surface area contributed by atoms with Crippen molar-refractivity contribution in [3.8, 4) is 0 Å². The molecule has 1 saturated carbocycles. The molecule has 0 aromatic heterocycles. The van der Waals surface area contributed by atoms with Gasteiger partial charge in [0.2, 0.25) is 0 Å². The van der Waals surface area contributed by atoms with Crippen molar-refractivity contribution in [2.45, 2.75) is 57.8 Å². The normalized spacial score (nSPS) is 27.1. The first-order chi connectivity index (χ1) is 7.32. The minimum atomic E-state index is -0.330. The molecule has 2 aliphatic rings. The van der Waals surface area contributed by atoms with Crippen molar-refractivity contribution in [1.82, 2.24) is 0 Å². The van der Waals surface area contributed by atoms with Crippen molar-refractivity contribution in [2.24, 2.45) is 0 Å². The Morgan fingerprint density at radius 1 is 1.25 bits per heavy atom. The second-order valence-electron chi connectivity index (χ2n) is 5.76. The fraction of sp³-hybridized carbons (Fsp3) is 0.833. The van der Waals surface area contributed by atoms with Crippen molar-refractivity contribution in [1.29, 1.82) is 0 Å². The minimum absolute atomic E-state index is 0.291. The van der Waals surface area contributed by atoms with Gasteiger partial charge in [0.15, 0.2) is 0 Å². The molecule has 0 radical (unpaired) electrons. The van der Waals surface area contributed by atoms with Crippen LogP contribution < -0.4 is 0 Å². The molecule has 90 valence electrons. The van der Waals surface area contributed by atoms with E-state index in [4.69, 9.17) is 14.0 Å². The van der Waals surface area contributed by atoms with Gasteiger partial charge >= 0.3 is 7.12 Å². The van der Waals surface area contributed by atoms with Gasteiger partial charge < -0.3 is 14.0 Å². The van der Waals surface area contributed by atoms with Gasteiger partial charge in [-0.2, -0.15) is 0 Å². The van der Waals surface area contributed by atoms with Crippen LogP contribution in [0.2, 0.25) is 0 Å². The summed E-state index contributed by atoms with van der Waals surface area (Å²) in [7, 11) is -0.330. The molecule has 1 saturated heterocycles. The molecule has 0 aromatic rings. The Morgan fingerprint density at radius 2 is 1.75 bits per heavy atom. The van der Waals surface area contributed by atoms with E-state index >= 15 is 0 Å². The predicted molar refractivity (Wildman–Crippen MR) is 64.2 cm³/mol. The van der Waals surface area contributed by atoms with E-state index < -0.39 is 0 Å². The van der Waals surface area contributed by atoms with Crippen molar-refractivity contribution < 1.29 is 14.0 Å². The Kier molecular flexibility index (Phi) is 2.93. The van der Waals surface area contributed by atoms with Gasteiger partial charge in [-0.15, -0.1) is 6.58 Å². The van der Waals surface area contributed by atoms with Crippen LogP contribution >= 0.6 is 0 Å². The van der Waals surface area contributed by atoms with E-state index in [9.17, 15) is 0 Å². The van der Waals surface area contributed by atoms with Crippen LogP contribution in [0.15, 0.2) is 12.1 Å². The molecule has 0 unspecified atom stereocenters. The summed E-state index contributed by atoms with van der Waals surface area (Å²) in [6, 6.07) is 0. The van der Waals surface area contributed by atoms with Crippen LogP contribution in [0.3, 0.4) is 0 Å². The average Bonchev–Trinajstić information content (AvgIpc) is 2.91. The maximum Gasteiger partial charge on any atom is 0.492 e. The van der Waals surface area contributed by atoms with Gasteiger partial charge in [0.25, 0.3) is 0 Å². The van der Waals surface area contributed by atoms with Crippen LogP contribution in [-0.2, 0) is 14.0 Å². The largest absolute Gasteiger partial charge is 0.492 e. The Balaban J connectivity index is 1.88. The Hall–Kier alpha value is -0.315. The summed E-state index contributed by atoms with van der Waals surface area (Å²) in [5, 5.41) is 0. The number of hydrogen-bond donors (Lipinski definition) is 0. The van der Waals surface area contributed by atoms with Gasteiger partial charge in [0, 0.05) is 0 Å². The topological polar surface area (TPSA) is 27.7 Å². The van der Waals surface area contributed by atoms with Crippen molar-refractivity contribution in [3.63, 3.8) is 0 Å². The van der Waals surface area contributed by atoms with Gasteiger partial charge in [0.05, 0.1) is 23.9 Å². The Bertz CT molecular complexity index is 279. The molecule has 0 aromatic carbocycles. The fourth-order valence-corrected chi connectivity index (χ4v) is 1.54. The Morgan fingerprint density at radius 3 is 2.19 bits per heavy atom. The molecule has 0 N–H and O–H groups in total. The first kappa shape index (κ1) is 12.2. The molecule has 1 aliphatic heterocycles. The SMILES string of the molecule is C=C(COC1CC1)B1OC(C)(C)C(C)(C)O1. The molecule has 0 atom stereocenters. The molecule has 1 heterocycles. The standard InChI is InChI=1S/C12H21BO3/c1-9(8-14-10-6-7-10)13-15-11(2,3)12(4,5)16-13/h10H,1,6-8H2,2-5H3. The van der Waals surface area contributed by atoms with E-state index in [1.807, 2.05) is 27.7 Å². The third-order valence-electron chi connectivity index (χ3n) is 3.62. The highest BCUT2D eigenvalue weighted by Crippen LogP contribution is 2.38. The highest BCUT2D eigenvalue weighted by Gasteiger charge is 2.52. The van der Waals surface area contributed by atoms with Gasteiger partial charge in [-0.3, -0.25) is 0 Å². The summed E-state index contributed by atoms with van der Waals surface area (Å²) < 4.78 is 17.4. The lowest BCUT2D eigenvalue weighted by molar-refractivity contribution is 0.00578. The average molecular weight is 224 g/mol. The lowest BCUT2D eigenvalue weighted by Crippen LogP contribution is -2.41. The molecule has 0 spiro atoms. The van der Waals surface area contributed by atoms with Gasteiger partial charge in [-0.25, -0.2) is 0 Å².